The quantitative estimate of drug-likeness (QED) is 0.179. The molecule has 0 spiro atoms. The van der Waals surface area contributed by atoms with Gasteiger partial charge in [-0.2, -0.15) is 0 Å². The highest BCUT2D eigenvalue weighted by atomic mass is 16.5. The minimum atomic E-state index is -0.718. The number of aliphatic hydroxyl groups excluding tert-OH is 1. The summed E-state index contributed by atoms with van der Waals surface area (Å²) in [7, 11) is 0. The maximum Gasteiger partial charge on any atom is 0.295 e. The Bertz CT molecular complexity index is 1350. The number of likely N-dealkylation sites (N-methyl/N-ethyl adjacent to an activating group) is 1. The monoisotopic (exact) mass is 542 g/mol. The molecule has 1 N–H and O–H groups in total. The predicted molar refractivity (Wildman–Crippen MR) is 156 cm³/mol. The molecule has 1 atom stereocenters. The molecule has 1 heterocycles. The van der Waals surface area contributed by atoms with Crippen LogP contribution in [0.15, 0.2) is 78.4 Å². The van der Waals surface area contributed by atoms with Gasteiger partial charge in [0.25, 0.3) is 11.7 Å². The molecule has 1 saturated heterocycles. The largest absolute Gasteiger partial charge is 0.507 e. The fourth-order valence-electron chi connectivity index (χ4n) is 5.04. The highest BCUT2D eigenvalue weighted by Crippen LogP contribution is 2.40. The fraction of sp³-hybridized carbons (Fsp3) is 0.333. The highest BCUT2D eigenvalue weighted by Gasteiger charge is 2.46. The Labute approximate surface area is 236 Å². The van der Waals surface area contributed by atoms with Gasteiger partial charge in [-0.15, -0.1) is 0 Å². The molecule has 1 fully saturated rings. The zero-order valence-electron chi connectivity index (χ0n) is 23.7. The Morgan fingerprint density at radius 2 is 1.57 bits per heavy atom. The van der Waals surface area contributed by atoms with Crippen molar-refractivity contribution in [2.45, 2.75) is 40.3 Å². The molecule has 0 aliphatic carbocycles. The van der Waals surface area contributed by atoms with E-state index >= 15 is 0 Å². The number of likely N-dealkylation sites (tertiary alicyclic amines) is 1. The van der Waals surface area contributed by atoms with Gasteiger partial charge in [0.05, 0.1) is 18.2 Å². The van der Waals surface area contributed by atoms with E-state index in [1.165, 1.54) is 0 Å². The van der Waals surface area contributed by atoms with Crippen molar-refractivity contribution in [2.75, 3.05) is 32.8 Å². The number of carbonyl (C=O) groups is 2. The van der Waals surface area contributed by atoms with Gasteiger partial charge < -0.3 is 24.4 Å². The molecule has 0 aromatic heterocycles. The minimum absolute atomic E-state index is 0.0924. The third-order valence-corrected chi connectivity index (χ3v) is 7.30. The molecule has 3 aromatic rings. The first-order valence-corrected chi connectivity index (χ1v) is 13.9. The number of carbonyl (C=O) groups excluding carboxylic acids is 2. The summed E-state index contributed by atoms with van der Waals surface area (Å²) in [6, 6.07) is 21.9. The van der Waals surface area contributed by atoms with Crippen LogP contribution in [-0.4, -0.2) is 59.4 Å². The summed E-state index contributed by atoms with van der Waals surface area (Å²) in [5.74, 6) is -0.112. The molecule has 0 radical (unpaired) electrons. The molecule has 1 aliphatic rings. The molecule has 0 saturated carbocycles. The van der Waals surface area contributed by atoms with Gasteiger partial charge in [0.1, 0.15) is 23.9 Å². The Morgan fingerprint density at radius 1 is 0.900 bits per heavy atom. The molecule has 210 valence electrons. The van der Waals surface area contributed by atoms with Crippen LogP contribution in [0.4, 0.5) is 0 Å². The number of hydrogen-bond acceptors (Lipinski definition) is 6. The lowest BCUT2D eigenvalue weighted by Crippen LogP contribution is -2.38. The Hall–Kier alpha value is -4.10. The minimum Gasteiger partial charge on any atom is -0.507 e. The summed E-state index contributed by atoms with van der Waals surface area (Å²) in [6.45, 7) is 11.5. The zero-order valence-corrected chi connectivity index (χ0v) is 23.7. The van der Waals surface area contributed by atoms with Crippen LogP contribution in [0, 0.1) is 6.92 Å². The number of aryl methyl sites for hydroxylation is 1. The van der Waals surface area contributed by atoms with Crippen LogP contribution in [0.2, 0.25) is 0 Å². The average Bonchev–Trinajstić information content (AvgIpc) is 3.22. The van der Waals surface area contributed by atoms with E-state index in [0.717, 1.165) is 29.8 Å². The molecule has 40 heavy (non-hydrogen) atoms. The molecule has 1 unspecified atom stereocenters. The maximum atomic E-state index is 13.4. The summed E-state index contributed by atoms with van der Waals surface area (Å²) >= 11 is 0. The van der Waals surface area contributed by atoms with Crippen molar-refractivity contribution >= 4 is 17.4 Å². The molecule has 1 aliphatic heterocycles. The van der Waals surface area contributed by atoms with Crippen LogP contribution in [0.5, 0.6) is 11.5 Å². The predicted octanol–water partition coefficient (Wildman–Crippen LogP) is 5.74. The lowest BCUT2D eigenvalue weighted by molar-refractivity contribution is -0.140. The van der Waals surface area contributed by atoms with E-state index in [9.17, 15) is 14.7 Å². The fourth-order valence-corrected chi connectivity index (χ4v) is 5.04. The molecule has 4 rings (SSSR count). The summed E-state index contributed by atoms with van der Waals surface area (Å²) in [5, 5.41) is 11.5. The summed E-state index contributed by atoms with van der Waals surface area (Å²) in [5.41, 5.74) is 3.13. The van der Waals surface area contributed by atoms with Crippen molar-refractivity contribution in [3.8, 4) is 11.5 Å². The number of amides is 1. The molecular weight excluding hydrogens is 504 g/mol. The van der Waals surface area contributed by atoms with Crippen molar-refractivity contribution in [1.29, 1.82) is 0 Å². The van der Waals surface area contributed by atoms with Crippen molar-refractivity contribution < 1.29 is 24.2 Å². The van der Waals surface area contributed by atoms with Gasteiger partial charge in [-0.1, -0.05) is 56.3 Å². The van der Waals surface area contributed by atoms with Crippen LogP contribution in [-0.2, 0) is 16.2 Å². The standard InChI is InChI=1S/C33H38N2O5/c1-5-34(6-2)19-20-35-30(25-13-15-26(16-14-25)40-22-24-11-9-8-10-12-24)29(32(37)33(35)38)31(36)28-18-17-27(39-7-3)21-23(28)4/h8-18,21,30,36H,5-7,19-20,22H2,1-4H3/b31-29+. The van der Waals surface area contributed by atoms with E-state index in [1.807, 2.05) is 74.5 Å². The van der Waals surface area contributed by atoms with Gasteiger partial charge in [0.15, 0.2) is 0 Å². The summed E-state index contributed by atoms with van der Waals surface area (Å²) in [6.07, 6.45) is 0. The number of ether oxygens (including phenoxy) is 2. The number of nitrogens with zero attached hydrogens (tertiary/aromatic N) is 2. The normalized spacial score (nSPS) is 16.5. The second kappa shape index (κ2) is 13.3. The smallest absolute Gasteiger partial charge is 0.295 e. The molecule has 1 amide bonds. The lowest BCUT2D eigenvalue weighted by atomic mass is 9.94. The van der Waals surface area contributed by atoms with Crippen LogP contribution in [0.25, 0.3) is 5.76 Å². The Kier molecular flexibility index (Phi) is 9.61. The van der Waals surface area contributed by atoms with Gasteiger partial charge in [-0.3, -0.25) is 9.59 Å². The highest BCUT2D eigenvalue weighted by molar-refractivity contribution is 6.46. The lowest BCUT2D eigenvalue weighted by Gasteiger charge is -2.28. The second-order valence-electron chi connectivity index (χ2n) is 9.77. The third-order valence-electron chi connectivity index (χ3n) is 7.30. The second-order valence-corrected chi connectivity index (χ2v) is 9.77. The van der Waals surface area contributed by atoms with Crippen LogP contribution in [0.3, 0.4) is 0 Å². The van der Waals surface area contributed by atoms with Gasteiger partial charge in [0.2, 0.25) is 0 Å². The topological polar surface area (TPSA) is 79.3 Å². The van der Waals surface area contributed by atoms with Crippen LogP contribution < -0.4 is 9.47 Å². The molecule has 7 heteroatoms. The van der Waals surface area contributed by atoms with Gasteiger partial charge >= 0.3 is 0 Å². The molecule has 3 aromatic carbocycles. The first kappa shape index (κ1) is 28.9. The number of ketones is 1. The Morgan fingerprint density at radius 3 is 2.20 bits per heavy atom. The van der Waals surface area contributed by atoms with Gasteiger partial charge in [0, 0.05) is 18.7 Å². The van der Waals surface area contributed by atoms with Crippen molar-refractivity contribution in [1.82, 2.24) is 9.80 Å². The van der Waals surface area contributed by atoms with Gasteiger partial charge in [-0.05, 0) is 74.0 Å². The van der Waals surface area contributed by atoms with E-state index in [-0.39, 0.29) is 11.3 Å². The summed E-state index contributed by atoms with van der Waals surface area (Å²) in [4.78, 5) is 30.6. The van der Waals surface area contributed by atoms with E-state index in [1.54, 1.807) is 17.0 Å². The van der Waals surface area contributed by atoms with E-state index in [0.29, 0.717) is 43.4 Å². The summed E-state index contributed by atoms with van der Waals surface area (Å²) < 4.78 is 11.5. The number of Topliss-reactive ketones (excluding diaryl/α,β-unsaturated/α-hetero) is 1. The average molecular weight is 543 g/mol. The van der Waals surface area contributed by atoms with Crippen molar-refractivity contribution in [3.63, 3.8) is 0 Å². The van der Waals surface area contributed by atoms with E-state index in [2.05, 4.69) is 18.7 Å². The van der Waals surface area contributed by atoms with Crippen molar-refractivity contribution in [3.05, 3.63) is 101 Å². The molecular formula is C33H38N2O5. The first-order valence-electron chi connectivity index (χ1n) is 13.9. The van der Waals surface area contributed by atoms with Gasteiger partial charge in [-0.25, -0.2) is 0 Å². The van der Waals surface area contributed by atoms with Crippen molar-refractivity contribution in [2.24, 2.45) is 0 Å². The van der Waals surface area contributed by atoms with Crippen LogP contribution in [0.1, 0.15) is 49.1 Å². The SMILES string of the molecule is CCOc1ccc(/C(O)=C2\C(=O)C(=O)N(CCN(CC)CC)C2c2ccc(OCc3ccccc3)cc2)c(C)c1. The number of aliphatic hydroxyl groups is 1. The first-order chi connectivity index (χ1) is 19.4. The third kappa shape index (κ3) is 6.37. The number of hydrogen-bond donors (Lipinski definition) is 1. The molecule has 0 bridgehead atoms. The maximum absolute atomic E-state index is 13.4. The number of rotatable bonds is 12. The molecule has 7 nitrogen and oxygen atoms in total. The zero-order chi connectivity index (χ0) is 28.6. The van der Waals surface area contributed by atoms with E-state index < -0.39 is 17.7 Å². The Balaban J connectivity index is 1.70. The van der Waals surface area contributed by atoms with Crippen LogP contribution >= 0.6 is 0 Å². The van der Waals surface area contributed by atoms with E-state index in [4.69, 9.17) is 9.47 Å². The number of benzene rings is 3.